The molecule has 0 spiro atoms. The minimum atomic E-state index is -0.421. The quantitative estimate of drug-likeness (QED) is 0.0906. The second-order valence-electron chi connectivity index (χ2n) is 9.25. The van der Waals surface area contributed by atoms with Crippen LogP contribution in [0.3, 0.4) is 0 Å². The van der Waals surface area contributed by atoms with Crippen LogP contribution in [0.25, 0.3) is 23.3 Å². The summed E-state index contributed by atoms with van der Waals surface area (Å²) in [4.78, 5) is 14.0. The molecule has 0 heterocycles. The molecule has 3 nitrogen and oxygen atoms in total. The molecule has 5 aromatic carbocycles. The number of nitrogens with zero attached hydrogens (tertiary/aromatic N) is 1. The van der Waals surface area contributed by atoms with Gasteiger partial charge in [0.2, 0.25) is 0 Å². The molecule has 0 fully saturated rings. The van der Waals surface area contributed by atoms with E-state index in [-0.39, 0.29) is 0 Å². The fraction of sp³-hybridized carbons (Fsp3) is 0.0278. The summed E-state index contributed by atoms with van der Waals surface area (Å²) in [5.41, 5.74) is 8.13. The van der Waals surface area contributed by atoms with Crippen molar-refractivity contribution in [1.82, 2.24) is 0 Å². The van der Waals surface area contributed by atoms with E-state index in [0.29, 0.717) is 11.3 Å². The molecule has 3 heteroatoms. The third-order valence-corrected chi connectivity index (χ3v) is 6.31. The lowest BCUT2D eigenvalue weighted by atomic mass is 10.0. The van der Waals surface area contributed by atoms with Crippen LogP contribution in [0.4, 0.5) is 17.1 Å². The molecule has 190 valence electrons. The first-order valence-corrected chi connectivity index (χ1v) is 12.8. The summed E-state index contributed by atoms with van der Waals surface area (Å²) in [6, 6.07) is 45.4. The molecule has 0 bridgehead atoms. The van der Waals surface area contributed by atoms with E-state index < -0.39 is 5.97 Å². The van der Waals surface area contributed by atoms with Gasteiger partial charge in [0, 0.05) is 22.6 Å². The largest absolute Gasteiger partial charge is 0.423 e. The summed E-state index contributed by atoms with van der Waals surface area (Å²) in [6.45, 7) is 5.24. The maximum atomic E-state index is 11.7. The van der Waals surface area contributed by atoms with Gasteiger partial charge in [0.05, 0.1) is 0 Å². The van der Waals surface area contributed by atoms with E-state index in [1.165, 1.54) is 11.1 Å². The van der Waals surface area contributed by atoms with E-state index >= 15 is 0 Å². The fourth-order valence-electron chi connectivity index (χ4n) is 4.23. The smallest absolute Gasteiger partial charge is 0.338 e. The summed E-state index contributed by atoms with van der Waals surface area (Å²) in [7, 11) is 0. The first-order valence-electron chi connectivity index (χ1n) is 12.8. The van der Waals surface area contributed by atoms with Crippen LogP contribution < -0.4 is 9.64 Å². The van der Waals surface area contributed by atoms with Crippen molar-refractivity contribution < 1.29 is 9.53 Å². The van der Waals surface area contributed by atoms with Crippen LogP contribution in [0.1, 0.15) is 18.1 Å². The third-order valence-electron chi connectivity index (χ3n) is 6.31. The van der Waals surface area contributed by atoms with Gasteiger partial charge in [0.1, 0.15) is 5.75 Å². The number of esters is 1. The zero-order valence-electron chi connectivity index (χ0n) is 21.8. The molecule has 0 atom stereocenters. The number of ether oxygens (including phenoxy) is 1. The standard InChI is InChI=1S/C36H29NO2/c1-27(2)36(38)39-35-25-17-29(18-26-35)14-13-28-15-21-33(22-16-28)37(32-11-7-4-8-12-32)34-23-19-31(20-24-34)30-9-5-3-6-10-30/h3-26H,1H2,2H3/b14-13+. The van der Waals surface area contributed by atoms with Gasteiger partial charge in [-0.2, -0.15) is 0 Å². The third kappa shape index (κ3) is 6.41. The van der Waals surface area contributed by atoms with Crippen LogP contribution in [0, 0.1) is 0 Å². The first-order chi connectivity index (χ1) is 19.1. The van der Waals surface area contributed by atoms with Crippen LogP contribution >= 0.6 is 0 Å². The van der Waals surface area contributed by atoms with Gasteiger partial charge in [-0.3, -0.25) is 0 Å². The number of carbonyl (C=O) groups is 1. The lowest BCUT2D eigenvalue weighted by Gasteiger charge is -2.25. The second kappa shape index (κ2) is 11.9. The minimum absolute atomic E-state index is 0.373. The summed E-state index contributed by atoms with van der Waals surface area (Å²) >= 11 is 0. The normalized spacial score (nSPS) is 10.8. The fourth-order valence-corrected chi connectivity index (χ4v) is 4.23. The van der Waals surface area contributed by atoms with Crippen molar-refractivity contribution in [3.8, 4) is 16.9 Å². The molecular formula is C36H29NO2. The number of anilines is 3. The van der Waals surface area contributed by atoms with Gasteiger partial charge < -0.3 is 9.64 Å². The van der Waals surface area contributed by atoms with Crippen LogP contribution in [0.15, 0.2) is 146 Å². The summed E-state index contributed by atoms with van der Waals surface area (Å²) in [5, 5.41) is 0. The van der Waals surface area contributed by atoms with Gasteiger partial charge >= 0.3 is 5.97 Å². The average molecular weight is 508 g/mol. The number of hydrogen-bond acceptors (Lipinski definition) is 3. The molecule has 0 saturated carbocycles. The molecule has 0 aliphatic carbocycles. The molecule has 0 amide bonds. The van der Waals surface area contributed by atoms with Crippen LogP contribution in [0.5, 0.6) is 5.75 Å². The van der Waals surface area contributed by atoms with Gasteiger partial charge in [-0.15, -0.1) is 0 Å². The predicted molar refractivity (Wildman–Crippen MR) is 162 cm³/mol. The first kappa shape index (κ1) is 25.5. The average Bonchev–Trinajstić information content (AvgIpc) is 2.99. The zero-order chi connectivity index (χ0) is 27.0. The highest BCUT2D eigenvalue weighted by atomic mass is 16.5. The van der Waals surface area contributed by atoms with Gasteiger partial charge in [0.25, 0.3) is 0 Å². The van der Waals surface area contributed by atoms with Crippen LogP contribution in [-0.2, 0) is 4.79 Å². The Labute approximate surface area is 230 Å². The Hall–Kier alpha value is -5.15. The Morgan fingerprint density at radius 2 is 1.03 bits per heavy atom. The molecule has 0 unspecified atom stereocenters. The Balaban J connectivity index is 1.35. The molecule has 0 aliphatic rings. The lowest BCUT2D eigenvalue weighted by Crippen LogP contribution is -2.09. The number of benzene rings is 5. The Morgan fingerprint density at radius 3 is 1.56 bits per heavy atom. The number of rotatable bonds is 8. The topological polar surface area (TPSA) is 29.5 Å². The Morgan fingerprint density at radius 1 is 0.590 bits per heavy atom. The van der Waals surface area contributed by atoms with E-state index in [1.807, 2.05) is 30.3 Å². The van der Waals surface area contributed by atoms with Crippen LogP contribution in [-0.4, -0.2) is 5.97 Å². The molecule has 0 radical (unpaired) electrons. The predicted octanol–water partition coefficient (Wildman–Crippen LogP) is 9.48. The summed E-state index contributed by atoms with van der Waals surface area (Å²) in [5.74, 6) is 0.0809. The summed E-state index contributed by atoms with van der Waals surface area (Å²) < 4.78 is 5.26. The van der Waals surface area contributed by atoms with Crippen molar-refractivity contribution in [2.24, 2.45) is 0 Å². The molecule has 0 aromatic heterocycles. The Bertz CT molecular complexity index is 1570. The van der Waals surface area contributed by atoms with Gasteiger partial charge in [0.15, 0.2) is 0 Å². The van der Waals surface area contributed by atoms with Gasteiger partial charge in [-0.1, -0.05) is 104 Å². The number of hydrogen-bond donors (Lipinski definition) is 0. The SMILES string of the molecule is C=C(C)C(=O)Oc1ccc(/C=C/c2ccc(N(c3ccccc3)c3ccc(-c4ccccc4)cc3)cc2)cc1. The highest BCUT2D eigenvalue weighted by molar-refractivity contribution is 5.88. The molecule has 5 aromatic rings. The van der Waals surface area contributed by atoms with Gasteiger partial charge in [-0.25, -0.2) is 4.79 Å². The molecule has 0 saturated heterocycles. The lowest BCUT2D eigenvalue weighted by molar-refractivity contribution is -0.130. The monoisotopic (exact) mass is 507 g/mol. The van der Waals surface area contributed by atoms with E-state index in [4.69, 9.17) is 4.74 Å². The molecule has 39 heavy (non-hydrogen) atoms. The molecule has 5 rings (SSSR count). The van der Waals surface area contributed by atoms with Crippen molar-refractivity contribution in [3.05, 3.63) is 157 Å². The highest BCUT2D eigenvalue weighted by Gasteiger charge is 2.12. The van der Waals surface area contributed by atoms with Crippen molar-refractivity contribution >= 4 is 35.2 Å². The summed E-state index contributed by atoms with van der Waals surface area (Å²) in [6.07, 6.45) is 4.11. The molecular weight excluding hydrogens is 478 g/mol. The Kier molecular flexibility index (Phi) is 7.80. The minimum Gasteiger partial charge on any atom is -0.423 e. The highest BCUT2D eigenvalue weighted by Crippen LogP contribution is 2.35. The van der Waals surface area contributed by atoms with Crippen molar-refractivity contribution in [2.45, 2.75) is 6.92 Å². The maximum Gasteiger partial charge on any atom is 0.338 e. The van der Waals surface area contributed by atoms with E-state index in [2.05, 4.69) is 115 Å². The zero-order valence-corrected chi connectivity index (χ0v) is 21.8. The number of carbonyl (C=O) groups excluding carboxylic acids is 1. The molecule has 0 N–H and O–H groups in total. The van der Waals surface area contributed by atoms with Gasteiger partial charge in [-0.05, 0) is 77.7 Å². The van der Waals surface area contributed by atoms with E-state index in [9.17, 15) is 4.79 Å². The van der Waals surface area contributed by atoms with E-state index in [1.54, 1.807) is 19.1 Å². The molecule has 0 aliphatic heterocycles. The van der Waals surface area contributed by atoms with Crippen LogP contribution in [0.2, 0.25) is 0 Å². The van der Waals surface area contributed by atoms with E-state index in [0.717, 1.165) is 28.2 Å². The van der Waals surface area contributed by atoms with Crippen molar-refractivity contribution in [2.75, 3.05) is 4.90 Å². The number of para-hydroxylation sites is 1. The maximum absolute atomic E-state index is 11.7. The second-order valence-corrected chi connectivity index (χ2v) is 9.25. The van der Waals surface area contributed by atoms with Crippen molar-refractivity contribution in [1.29, 1.82) is 0 Å². The van der Waals surface area contributed by atoms with Crippen molar-refractivity contribution in [3.63, 3.8) is 0 Å².